The third-order valence-electron chi connectivity index (χ3n) is 4.72. The number of Topliss-reactive ketones (excluding diaryl/α,β-unsaturated/α-hetero) is 1. The minimum Gasteiger partial charge on any atom is -0.497 e. The van der Waals surface area contributed by atoms with Gasteiger partial charge in [0.1, 0.15) is 23.7 Å². The highest BCUT2D eigenvalue weighted by Crippen LogP contribution is 2.34. The quantitative estimate of drug-likeness (QED) is 0.368. The normalized spacial score (nSPS) is 11.1. The molecule has 1 aromatic carbocycles. The highest BCUT2D eigenvalue weighted by molar-refractivity contribution is 7.14. The van der Waals surface area contributed by atoms with Crippen LogP contribution in [0, 0.1) is 0 Å². The summed E-state index contributed by atoms with van der Waals surface area (Å²) in [6, 6.07) is 14.4. The molecule has 0 bridgehead atoms. The number of aromatic nitrogens is 5. The van der Waals surface area contributed by atoms with Crippen molar-refractivity contribution in [3.63, 3.8) is 0 Å². The van der Waals surface area contributed by atoms with Gasteiger partial charge in [0.2, 0.25) is 0 Å². The Bertz CT molecular complexity index is 1420. The molecule has 0 aliphatic heterocycles. The second-order valence-corrected chi connectivity index (χ2v) is 8.47. The van der Waals surface area contributed by atoms with E-state index in [1.54, 1.807) is 31.4 Å². The van der Waals surface area contributed by atoms with Crippen LogP contribution in [0.4, 0.5) is 0 Å². The van der Waals surface area contributed by atoms with Crippen LogP contribution in [0.1, 0.15) is 10.4 Å². The van der Waals surface area contributed by atoms with E-state index in [-0.39, 0.29) is 18.1 Å². The molecule has 0 aliphatic rings. The van der Waals surface area contributed by atoms with Crippen LogP contribution in [-0.2, 0) is 6.54 Å². The molecule has 0 saturated heterocycles. The van der Waals surface area contributed by atoms with Gasteiger partial charge in [-0.2, -0.15) is 0 Å². The second-order valence-electron chi connectivity index (χ2n) is 6.58. The van der Waals surface area contributed by atoms with Gasteiger partial charge < -0.3 is 4.74 Å². The first-order valence-electron chi connectivity index (χ1n) is 9.27. The molecule has 0 N–H and O–H groups in total. The molecule has 4 heterocycles. The summed E-state index contributed by atoms with van der Waals surface area (Å²) in [6.07, 6.45) is 0. The number of fused-ring (bicyclic) bond motifs is 1. The van der Waals surface area contributed by atoms with E-state index in [0.717, 1.165) is 14.4 Å². The van der Waals surface area contributed by atoms with Crippen LogP contribution in [0.15, 0.2) is 64.1 Å². The molecule has 10 heteroatoms. The summed E-state index contributed by atoms with van der Waals surface area (Å²) in [7, 11) is 1.56. The van der Waals surface area contributed by atoms with Crippen LogP contribution in [0.3, 0.4) is 0 Å². The molecule has 0 saturated carbocycles. The van der Waals surface area contributed by atoms with E-state index < -0.39 is 5.69 Å². The Morgan fingerprint density at radius 2 is 1.71 bits per heavy atom. The Morgan fingerprint density at radius 1 is 1.00 bits per heavy atom. The minimum absolute atomic E-state index is 0.149. The average Bonchev–Trinajstić information content (AvgIpc) is 3.56. The fourth-order valence-electron chi connectivity index (χ4n) is 3.23. The van der Waals surface area contributed by atoms with Crippen LogP contribution in [0.25, 0.3) is 26.9 Å². The monoisotopic (exact) mass is 449 g/mol. The van der Waals surface area contributed by atoms with E-state index in [9.17, 15) is 9.59 Å². The van der Waals surface area contributed by atoms with Gasteiger partial charge in [-0.3, -0.25) is 4.79 Å². The molecule has 0 atom stereocenters. The molecule has 4 aromatic heterocycles. The van der Waals surface area contributed by atoms with Crippen molar-refractivity contribution in [1.82, 2.24) is 24.4 Å². The van der Waals surface area contributed by atoms with Crippen LogP contribution >= 0.6 is 22.7 Å². The number of hydrogen-bond donors (Lipinski definition) is 0. The number of ketones is 1. The summed E-state index contributed by atoms with van der Waals surface area (Å²) >= 11 is 3.01. The first kappa shape index (κ1) is 19.3. The molecule has 5 aromatic rings. The van der Waals surface area contributed by atoms with Gasteiger partial charge in [-0.05, 0) is 47.2 Å². The molecule has 154 valence electrons. The number of benzene rings is 1. The zero-order chi connectivity index (χ0) is 21.4. The molecule has 31 heavy (non-hydrogen) atoms. The predicted molar refractivity (Wildman–Crippen MR) is 119 cm³/mol. The van der Waals surface area contributed by atoms with Crippen molar-refractivity contribution in [1.29, 1.82) is 0 Å². The highest BCUT2D eigenvalue weighted by atomic mass is 32.1. The van der Waals surface area contributed by atoms with Crippen molar-refractivity contribution >= 4 is 34.2 Å². The van der Waals surface area contributed by atoms with Crippen molar-refractivity contribution in [3.8, 4) is 26.9 Å². The Hall–Kier alpha value is -3.63. The van der Waals surface area contributed by atoms with Gasteiger partial charge in [0.05, 0.1) is 16.9 Å². The third kappa shape index (κ3) is 3.45. The lowest BCUT2D eigenvalue weighted by molar-refractivity contribution is 0.0966. The summed E-state index contributed by atoms with van der Waals surface area (Å²) in [5, 5.41) is 16.6. The van der Waals surface area contributed by atoms with Crippen LogP contribution < -0.4 is 10.4 Å². The first-order chi connectivity index (χ1) is 15.2. The van der Waals surface area contributed by atoms with Crippen molar-refractivity contribution in [2.24, 2.45) is 0 Å². The van der Waals surface area contributed by atoms with Gasteiger partial charge >= 0.3 is 5.69 Å². The molecule has 5 rings (SSSR count). The summed E-state index contributed by atoms with van der Waals surface area (Å²) in [4.78, 5) is 27.8. The summed E-state index contributed by atoms with van der Waals surface area (Å²) in [5.41, 5.74) is 1.25. The van der Waals surface area contributed by atoms with Gasteiger partial charge in [0.25, 0.3) is 5.78 Å². The van der Waals surface area contributed by atoms with Gasteiger partial charge in [-0.15, -0.1) is 38.0 Å². The van der Waals surface area contributed by atoms with E-state index in [4.69, 9.17) is 4.74 Å². The Morgan fingerprint density at radius 3 is 2.35 bits per heavy atom. The maximum atomic E-state index is 13.3. The number of ether oxygens (including phenoxy) is 1. The Labute approximate surface area is 184 Å². The first-order valence-corrected chi connectivity index (χ1v) is 11.0. The summed E-state index contributed by atoms with van der Waals surface area (Å²) in [6.45, 7) is -0.202. The van der Waals surface area contributed by atoms with Crippen LogP contribution in [-0.4, -0.2) is 37.3 Å². The number of carbonyl (C=O) groups excluding carboxylic acids is 1. The molecular weight excluding hydrogens is 434 g/mol. The van der Waals surface area contributed by atoms with Gasteiger partial charge in [-0.1, -0.05) is 12.1 Å². The van der Waals surface area contributed by atoms with Gasteiger partial charge in [0, 0.05) is 5.56 Å². The average molecular weight is 450 g/mol. The van der Waals surface area contributed by atoms with Gasteiger partial charge in [-0.25, -0.2) is 13.9 Å². The molecule has 8 nitrogen and oxygen atoms in total. The molecule has 0 spiro atoms. The lowest BCUT2D eigenvalue weighted by atomic mass is 10.1. The van der Waals surface area contributed by atoms with Crippen molar-refractivity contribution in [2.75, 3.05) is 7.11 Å². The van der Waals surface area contributed by atoms with Gasteiger partial charge in [0.15, 0.2) is 5.78 Å². The zero-order valence-corrected chi connectivity index (χ0v) is 17.9. The third-order valence-corrected chi connectivity index (χ3v) is 6.48. The van der Waals surface area contributed by atoms with Crippen LogP contribution in [0.5, 0.6) is 5.75 Å². The molecule has 0 aliphatic carbocycles. The topological polar surface area (TPSA) is 91.4 Å². The van der Waals surface area contributed by atoms with E-state index in [2.05, 4.69) is 15.3 Å². The summed E-state index contributed by atoms with van der Waals surface area (Å²) < 4.78 is 7.68. The van der Waals surface area contributed by atoms with E-state index in [1.165, 1.54) is 27.1 Å². The number of thiophene rings is 2. The van der Waals surface area contributed by atoms with Crippen LogP contribution in [0.2, 0.25) is 0 Å². The zero-order valence-electron chi connectivity index (χ0n) is 16.3. The lowest BCUT2D eigenvalue weighted by Crippen LogP contribution is -2.26. The smallest absolute Gasteiger partial charge is 0.352 e. The summed E-state index contributed by atoms with van der Waals surface area (Å²) in [5.74, 6) is 0.562. The highest BCUT2D eigenvalue weighted by Gasteiger charge is 2.22. The SMILES string of the molecule is COc1ccc(C(=O)Cn2nc3nnc(-c4cccs4)c(-c4cccs4)n3c2=O)cc1. The maximum Gasteiger partial charge on any atom is 0.352 e. The Kier molecular flexibility index (Phi) is 4.92. The fraction of sp³-hybridized carbons (Fsp3) is 0.0952. The van der Waals surface area contributed by atoms with E-state index in [0.29, 0.717) is 22.7 Å². The lowest BCUT2D eigenvalue weighted by Gasteiger charge is -2.06. The second kappa shape index (κ2) is 7.89. The molecule has 0 amide bonds. The number of hydrogen-bond acceptors (Lipinski definition) is 8. The molecule has 0 unspecified atom stereocenters. The number of rotatable bonds is 6. The van der Waals surface area contributed by atoms with Crippen molar-refractivity contribution in [2.45, 2.75) is 6.54 Å². The molecule has 0 radical (unpaired) electrons. The number of carbonyl (C=O) groups is 1. The molecular formula is C21H15N5O3S2. The maximum absolute atomic E-state index is 13.3. The largest absolute Gasteiger partial charge is 0.497 e. The fourth-order valence-corrected chi connectivity index (χ4v) is 4.70. The number of methoxy groups -OCH3 is 1. The van der Waals surface area contributed by atoms with Crippen molar-refractivity contribution in [3.05, 3.63) is 75.3 Å². The van der Waals surface area contributed by atoms with E-state index in [1.807, 2.05) is 35.0 Å². The minimum atomic E-state index is -0.437. The predicted octanol–water partition coefficient (Wildman–Crippen LogP) is 3.63. The Balaban J connectivity index is 1.61. The molecule has 0 fully saturated rings. The standard InChI is InChI=1S/C21H15N5O3S2/c1-29-14-8-6-13(7-9-14)15(27)12-25-21(28)26-19(17-5-3-11-31-17)18(16-4-2-10-30-16)22-23-20(26)24-25/h2-11H,12H2,1H3. The van der Waals surface area contributed by atoms with Crippen molar-refractivity contribution < 1.29 is 9.53 Å². The number of nitrogens with zero attached hydrogens (tertiary/aromatic N) is 5. The van der Waals surface area contributed by atoms with E-state index >= 15 is 0 Å².